The van der Waals surface area contributed by atoms with Crippen LogP contribution in [0, 0.1) is 6.92 Å². The maximum atomic E-state index is 11.9. The molecule has 0 atom stereocenters. The van der Waals surface area contributed by atoms with Gasteiger partial charge in [-0.2, -0.15) is 8.42 Å². The van der Waals surface area contributed by atoms with Crippen molar-refractivity contribution in [3.05, 3.63) is 17.8 Å². The molecule has 0 bridgehead atoms. The molecule has 0 radical (unpaired) electrons. The Labute approximate surface area is 105 Å². The average Bonchev–Trinajstić information content (AvgIpc) is 2.17. The number of sulfonamides is 1. The highest BCUT2D eigenvalue weighted by molar-refractivity contribution is 8.15. The van der Waals surface area contributed by atoms with Gasteiger partial charge in [0.15, 0.2) is 11.0 Å². The van der Waals surface area contributed by atoms with Crippen molar-refractivity contribution >= 4 is 32.8 Å². The first-order chi connectivity index (χ1) is 7.88. The number of thioether (sulfide) groups is 1. The molecule has 0 amide bonds. The van der Waals surface area contributed by atoms with Crippen LogP contribution in [0.3, 0.4) is 0 Å². The summed E-state index contributed by atoms with van der Waals surface area (Å²) in [5, 5.41) is 3.57. The first kappa shape index (κ1) is 12.4. The molecule has 0 aliphatic carbocycles. The van der Waals surface area contributed by atoms with Crippen molar-refractivity contribution in [2.75, 3.05) is 5.32 Å². The van der Waals surface area contributed by atoms with Gasteiger partial charge in [0.1, 0.15) is 4.90 Å². The van der Waals surface area contributed by atoms with Gasteiger partial charge in [-0.15, -0.1) is 4.40 Å². The van der Waals surface area contributed by atoms with E-state index in [2.05, 4.69) is 14.7 Å². The van der Waals surface area contributed by atoms with Crippen molar-refractivity contribution in [3.8, 4) is 0 Å². The molecule has 17 heavy (non-hydrogen) atoms. The first-order valence-corrected chi connectivity index (χ1v) is 7.46. The van der Waals surface area contributed by atoms with E-state index in [4.69, 9.17) is 0 Å². The van der Waals surface area contributed by atoms with Gasteiger partial charge in [0.2, 0.25) is 0 Å². The number of rotatable bonds is 1. The van der Waals surface area contributed by atoms with E-state index < -0.39 is 10.0 Å². The van der Waals surface area contributed by atoms with Crippen molar-refractivity contribution < 1.29 is 8.42 Å². The van der Waals surface area contributed by atoms with Crippen LogP contribution in [0.2, 0.25) is 0 Å². The second kappa shape index (κ2) is 4.30. The Balaban J connectivity index is 2.47. The van der Waals surface area contributed by atoms with Crippen LogP contribution in [-0.4, -0.2) is 23.8 Å². The van der Waals surface area contributed by atoms with Gasteiger partial charge >= 0.3 is 0 Å². The Bertz CT molecular complexity index is 579. The summed E-state index contributed by atoms with van der Waals surface area (Å²) < 4.78 is 27.6. The summed E-state index contributed by atoms with van der Waals surface area (Å²) in [6, 6.07) is 1.57. The molecule has 1 aromatic heterocycles. The molecule has 7 heteroatoms. The van der Waals surface area contributed by atoms with Gasteiger partial charge < -0.3 is 5.32 Å². The number of nitrogens with zero attached hydrogens (tertiary/aromatic N) is 2. The zero-order valence-electron chi connectivity index (χ0n) is 9.76. The molecule has 92 valence electrons. The van der Waals surface area contributed by atoms with E-state index in [1.54, 1.807) is 19.2 Å². The van der Waals surface area contributed by atoms with Crippen LogP contribution in [0.4, 0.5) is 5.82 Å². The molecular formula is C10H13N3O2S2. The summed E-state index contributed by atoms with van der Waals surface area (Å²) >= 11 is 1.37. The standard InChI is InChI=1S/C10H13N3O2S2/c1-6(2)16-10-12-9-8(17(14,15)13-10)4-7(3)5-11-9/h4-6H,1-3H3,(H,11,12,13). The molecule has 1 aliphatic rings. The van der Waals surface area contributed by atoms with E-state index in [0.717, 1.165) is 5.56 Å². The summed E-state index contributed by atoms with van der Waals surface area (Å²) in [7, 11) is -3.62. The number of fused-ring (bicyclic) bond motifs is 1. The normalized spacial score (nSPS) is 17.3. The van der Waals surface area contributed by atoms with Gasteiger partial charge in [-0.1, -0.05) is 25.6 Å². The largest absolute Gasteiger partial charge is 0.318 e. The third-order valence-electron chi connectivity index (χ3n) is 2.04. The van der Waals surface area contributed by atoms with Gasteiger partial charge in [-0.25, -0.2) is 4.98 Å². The smallest absolute Gasteiger partial charge is 0.288 e. The highest BCUT2D eigenvalue weighted by Gasteiger charge is 2.26. The maximum absolute atomic E-state index is 11.9. The van der Waals surface area contributed by atoms with Gasteiger partial charge in [0.05, 0.1) is 0 Å². The molecule has 0 saturated carbocycles. The summed E-state index contributed by atoms with van der Waals surface area (Å²) in [5.74, 6) is 0.355. The van der Waals surface area contributed by atoms with E-state index in [9.17, 15) is 8.42 Å². The predicted octanol–water partition coefficient (Wildman–Crippen LogP) is 2.00. The van der Waals surface area contributed by atoms with Crippen molar-refractivity contribution in [2.45, 2.75) is 30.9 Å². The third kappa shape index (κ3) is 2.61. The molecule has 0 spiro atoms. The van der Waals surface area contributed by atoms with Crippen LogP contribution in [0.5, 0.6) is 0 Å². The predicted molar refractivity (Wildman–Crippen MR) is 69.9 cm³/mol. The van der Waals surface area contributed by atoms with E-state index >= 15 is 0 Å². The van der Waals surface area contributed by atoms with Crippen molar-refractivity contribution in [1.82, 2.24) is 4.98 Å². The summed E-state index contributed by atoms with van der Waals surface area (Å²) in [6.45, 7) is 5.74. The minimum Gasteiger partial charge on any atom is -0.318 e. The quantitative estimate of drug-likeness (QED) is 0.846. The zero-order chi connectivity index (χ0) is 12.6. The first-order valence-electron chi connectivity index (χ1n) is 5.14. The Morgan fingerprint density at radius 2 is 2.12 bits per heavy atom. The number of hydrogen-bond donors (Lipinski definition) is 1. The fourth-order valence-electron chi connectivity index (χ4n) is 1.39. The number of amidine groups is 1. The molecule has 0 aromatic carbocycles. The monoisotopic (exact) mass is 271 g/mol. The lowest BCUT2D eigenvalue weighted by molar-refractivity contribution is 0.597. The molecule has 1 aliphatic heterocycles. The topological polar surface area (TPSA) is 71.4 Å². The molecule has 0 saturated heterocycles. The number of aromatic nitrogens is 1. The highest BCUT2D eigenvalue weighted by atomic mass is 32.2. The van der Waals surface area contributed by atoms with Gasteiger partial charge in [-0.3, -0.25) is 0 Å². The molecule has 1 aromatic rings. The van der Waals surface area contributed by atoms with Gasteiger partial charge in [0, 0.05) is 11.4 Å². The lowest BCUT2D eigenvalue weighted by Crippen LogP contribution is -2.21. The van der Waals surface area contributed by atoms with Crippen LogP contribution in [-0.2, 0) is 10.0 Å². The summed E-state index contributed by atoms with van der Waals surface area (Å²) in [4.78, 5) is 4.23. The fraction of sp³-hybridized carbons (Fsp3) is 0.400. The summed E-state index contributed by atoms with van der Waals surface area (Å²) in [5.41, 5.74) is 0.796. The van der Waals surface area contributed by atoms with Gasteiger partial charge in [-0.05, 0) is 18.6 Å². The number of anilines is 1. The maximum Gasteiger partial charge on any atom is 0.288 e. The van der Waals surface area contributed by atoms with Crippen LogP contribution in [0.15, 0.2) is 21.6 Å². The lowest BCUT2D eigenvalue weighted by atomic mass is 10.3. The molecule has 2 rings (SSSR count). The Morgan fingerprint density at radius 3 is 2.76 bits per heavy atom. The van der Waals surface area contributed by atoms with Crippen molar-refractivity contribution in [2.24, 2.45) is 4.40 Å². The number of hydrogen-bond acceptors (Lipinski definition) is 5. The number of aryl methyl sites for hydroxylation is 1. The van der Waals surface area contributed by atoms with Crippen molar-refractivity contribution in [3.63, 3.8) is 0 Å². The number of nitrogens with one attached hydrogen (secondary N) is 1. The molecular weight excluding hydrogens is 258 g/mol. The molecule has 5 nitrogen and oxygen atoms in total. The van der Waals surface area contributed by atoms with Crippen LogP contribution in [0.25, 0.3) is 0 Å². The SMILES string of the molecule is Cc1cnc2c(c1)S(=O)(=O)N=C(SC(C)C)N2. The Morgan fingerprint density at radius 1 is 1.41 bits per heavy atom. The fourth-order valence-corrected chi connectivity index (χ4v) is 3.50. The summed E-state index contributed by atoms with van der Waals surface area (Å²) in [6.07, 6.45) is 1.63. The zero-order valence-corrected chi connectivity index (χ0v) is 11.4. The third-order valence-corrected chi connectivity index (χ3v) is 4.34. The average molecular weight is 271 g/mol. The second-order valence-electron chi connectivity index (χ2n) is 4.02. The highest BCUT2D eigenvalue weighted by Crippen LogP contribution is 2.29. The van der Waals surface area contributed by atoms with E-state index in [-0.39, 0.29) is 10.1 Å². The molecule has 1 N–H and O–H groups in total. The second-order valence-corrected chi connectivity index (χ2v) is 7.16. The molecule has 2 heterocycles. The number of pyridine rings is 1. The Kier molecular flexibility index (Phi) is 3.13. The van der Waals surface area contributed by atoms with Gasteiger partial charge in [0.25, 0.3) is 10.0 Å². The van der Waals surface area contributed by atoms with E-state index in [1.807, 2.05) is 13.8 Å². The van der Waals surface area contributed by atoms with Crippen LogP contribution < -0.4 is 5.32 Å². The minimum absolute atomic E-state index is 0.144. The van der Waals surface area contributed by atoms with E-state index in [0.29, 0.717) is 11.0 Å². The molecule has 0 fully saturated rings. The minimum atomic E-state index is -3.62. The van der Waals surface area contributed by atoms with Crippen molar-refractivity contribution in [1.29, 1.82) is 0 Å². The van der Waals surface area contributed by atoms with Crippen LogP contribution in [0.1, 0.15) is 19.4 Å². The Hall–Kier alpha value is -1.08. The molecule has 0 unspecified atom stereocenters. The van der Waals surface area contributed by atoms with Crippen LogP contribution >= 0.6 is 11.8 Å². The lowest BCUT2D eigenvalue weighted by Gasteiger charge is -2.17. The van der Waals surface area contributed by atoms with E-state index in [1.165, 1.54) is 11.8 Å².